The summed E-state index contributed by atoms with van der Waals surface area (Å²) >= 11 is 3.57. The Balaban J connectivity index is 2.12. The van der Waals surface area contributed by atoms with Crippen molar-refractivity contribution in [2.75, 3.05) is 6.61 Å². The zero-order valence-electron chi connectivity index (χ0n) is 12.5. The smallest absolute Gasteiger partial charge is 0.125 e. The molecule has 0 aliphatic carbocycles. The molecule has 0 aromatic heterocycles. The first-order valence-electron chi connectivity index (χ1n) is 7.77. The maximum absolute atomic E-state index is 10.6. The molecular weight excluding hydrogens is 316 g/mol. The van der Waals surface area contributed by atoms with Crippen molar-refractivity contribution in [1.29, 1.82) is 0 Å². The van der Waals surface area contributed by atoms with Gasteiger partial charge in [-0.05, 0) is 42.0 Å². The van der Waals surface area contributed by atoms with Crippen molar-refractivity contribution in [3.63, 3.8) is 0 Å². The van der Waals surface area contributed by atoms with Gasteiger partial charge >= 0.3 is 0 Å². The fraction of sp³-hybridized carbons (Fsp3) is 0.647. The van der Waals surface area contributed by atoms with Crippen LogP contribution in [0.4, 0.5) is 0 Å². The van der Waals surface area contributed by atoms with Crippen LogP contribution in [-0.4, -0.2) is 17.8 Å². The fourth-order valence-corrected chi connectivity index (χ4v) is 3.71. The highest BCUT2D eigenvalue weighted by Gasteiger charge is 2.23. The molecule has 3 heteroatoms. The van der Waals surface area contributed by atoms with E-state index in [4.69, 9.17) is 4.74 Å². The van der Waals surface area contributed by atoms with Gasteiger partial charge in [-0.2, -0.15) is 0 Å². The van der Waals surface area contributed by atoms with Crippen molar-refractivity contribution >= 4 is 15.9 Å². The lowest BCUT2D eigenvalue weighted by atomic mass is 9.88. The van der Waals surface area contributed by atoms with Gasteiger partial charge in [0.15, 0.2) is 0 Å². The molecule has 1 aliphatic rings. The van der Waals surface area contributed by atoms with Gasteiger partial charge in [0.25, 0.3) is 0 Å². The quantitative estimate of drug-likeness (QED) is 0.791. The highest BCUT2D eigenvalue weighted by molar-refractivity contribution is 9.10. The second kappa shape index (κ2) is 7.46. The number of fused-ring (bicyclic) bond motifs is 1. The molecule has 1 atom stereocenters. The van der Waals surface area contributed by atoms with E-state index in [0.717, 1.165) is 54.5 Å². The molecule has 1 unspecified atom stereocenters. The molecule has 0 fully saturated rings. The van der Waals surface area contributed by atoms with Gasteiger partial charge in [-0.25, -0.2) is 0 Å². The SMILES string of the molecule is CCCC(CCC)C(O)Cc1cc(Br)cc2c1OCC2. The van der Waals surface area contributed by atoms with Gasteiger partial charge in [-0.3, -0.25) is 0 Å². The Kier molecular flexibility index (Phi) is 5.91. The first-order chi connectivity index (χ1) is 9.65. The standard InChI is InChI=1S/C17H25BrO2/c1-3-5-12(6-4-2)16(19)11-14-10-15(18)9-13-7-8-20-17(13)14/h9-10,12,16,19H,3-8,11H2,1-2H3. The van der Waals surface area contributed by atoms with Gasteiger partial charge < -0.3 is 9.84 Å². The Hall–Kier alpha value is -0.540. The normalized spacial score (nSPS) is 15.2. The molecule has 1 aromatic rings. The molecule has 112 valence electrons. The Bertz CT molecular complexity index is 439. The third-order valence-electron chi connectivity index (χ3n) is 4.12. The molecule has 1 aromatic carbocycles. The molecule has 0 amide bonds. The average Bonchev–Trinajstić information content (AvgIpc) is 2.86. The van der Waals surface area contributed by atoms with Crippen LogP contribution in [0.5, 0.6) is 5.75 Å². The summed E-state index contributed by atoms with van der Waals surface area (Å²) in [4.78, 5) is 0. The topological polar surface area (TPSA) is 29.5 Å². The van der Waals surface area contributed by atoms with Gasteiger partial charge in [-0.1, -0.05) is 42.6 Å². The van der Waals surface area contributed by atoms with E-state index in [-0.39, 0.29) is 6.10 Å². The Morgan fingerprint density at radius 2 is 1.95 bits per heavy atom. The monoisotopic (exact) mass is 340 g/mol. The summed E-state index contributed by atoms with van der Waals surface area (Å²) in [6, 6.07) is 4.23. The predicted octanol–water partition coefficient (Wildman–Crippen LogP) is 4.50. The molecule has 2 rings (SSSR count). The van der Waals surface area contributed by atoms with Crippen LogP contribution in [0.1, 0.15) is 50.7 Å². The average molecular weight is 341 g/mol. The third kappa shape index (κ3) is 3.76. The summed E-state index contributed by atoms with van der Waals surface area (Å²) in [5, 5.41) is 10.6. The lowest BCUT2D eigenvalue weighted by Gasteiger charge is -2.23. The highest BCUT2D eigenvalue weighted by atomic mass is 79.9. The van der Waals surface area contributed by atoms with Crippen LogP contribution in [0.25, 0.3) is 0 Å². The van der Waals surface area contributed by atoms with E-state index < -0.39 is 0 Å². The first kappa shape index (κ1) is 15.8. The second-order valence-corrected chi connectivity index (χ2v) is 6.68. The van der Waals surface area contributed by atoms with Gasteiger partial charge in [0.05, 0.1) is 12.7 Å². The molecule has 1 heterocycles. The van der Waals surface area contributed by atoms with Crippen LogP contribution in [0.15, 0.2) is 16.6 Å². The predicted molar refractivity (Wildman–Crippen MR) is 86.4 cm³/mol. The van der Waals surface area contributed by atoms with Gasteiger partial charge in [0.2, 0.25) is 0 Å². The molecule has 0 bridgehead atoms. The number of aliphatic hydroxyl groups is 1. The second-order valence-electron chi connectivity index (χ2n) is 5.76. The molecule has 20 heavy (non-hydrogen) atoms. The maximum atomic E-state index is 10.6. The highest BCUT2D eigenvalue weighted by Crippen LogP contribution is 2.35. The zero-order chi connectivity index (χ0) is 14.5. The van der Waals surface area contributed by atoms with Crippen molar-refractivity contribution in [2.45, 2.75) is 58.5 Å². The number of rotatable bonds is 7. The Labute approximate surface area is 130 Å². The van der Waals surface area contributed by atoms with Crippen LogP contribution in [0.3, 0.4) is 0 Å². The first-order valence-corrected chi connectivity index (χ1v) is 8.57. The molecule has 1 N–H and O–H groups in total. The minimum atomic E-state index is -0.266. The lowest BCUT2D eigenvalue weighted by Crippen LogP contribution is -2.23. The summed E-state index contributed by atoms with van der Waals surface area (Å²) in [6.45, 7) is 5.15. The maximum Gasteiger partial charge on any atom is 0.125 e. The minimum Gasteiger partial charge on any atom is -0.493 e. The van der Waals surface area contributed by atoms with Crippen LogP contribution < -0.4 is 4.74 Å². The van der Waals surface area contributed by atoms with E-state index in [9.17, 15) is 5.11 Å². The van der Waals surface area contributed by atoms with Crippen molar-refractivity contribution in [1.82, 2.24) is 0 Å². The number of benzene rings is 1. The largest absolute Gasteiger partial charge is 0.493 e. The summed E-state index contributed by atoms with van der Waals surface area (Å²) in [7, 11) is 0. The van der Waals surface area contributed by atoms with Gasteiger partial charge in [0, 0.05) is 17.3 Å². The molecule has 0 radical (unpaired) electrons. The Morgan fingerprint density at radius 1 is 1.25 bits per heavy atom. The van der Waals surface area contributed by atoms with E-state index >= 15 is 0 Å². The summed E-state index contributed by atoms with van der Waals surface area (Å²) in [6.07, 6.45) is 5.89. The van der Waals surface area contributed by atoms with Crippen LogP contribution in [-0.2, 0) is 12.8 Å². The van der Waals surface area contributed by atoms with E-state index in [1.54, 1.807) is 0 Å². The number of hydrogen-bond donors (Lipinski definition) is 1. The van der Waals surface area contributed by atoms with Crippen molar-refractivity contribution in [2.24, 2.45) is 5.92 Å². The fourth-order valence-electron chi connectivity index (χ4n) is 3.16. The van der Waals surface area contributed by atoms with Crippen LogP contribution >= 0.6 is 15.9 Å². The number of halogens is 1. The van der Waals surface area contributed by atoms with E-state index in [2.05, 4.69) is 41.9 Å². The minimum absolute atomic E-state index is 0.266. The number of ether oxygens (including phenoxy) is 1. The van der Waals surface area contributed by atoms with E-state index in [1.807, 2.05) is 0 Å². The van der Waals surface area contributed by atoms with Crippen molar-refractivity contribution in [3.05, 3.63) is 27.7 Å². The molecular formula is C17H25BrO2. The summed E-state index contributed by atoms with van der Waals surface area (Å²) in [5.41, 5.74) is 2.42. The summed E-state index contributed by atoms with van der Waals surface area (Å²) < 4.78 is 6.84. The van der Waals surface area contributed by atoms with Gasteiger partial charge in [0.1, 0.15) is 5.75 Å². The molecule has 0 spiro atoms. The van der Waals surface area contributed by atoms with Gasteiger partial charge in [-0.15, -0.1) is 0 Å². The van der Waals surface area contributed by atoms with Crippen molar-refractivity contribution in [3.8, 4) is 5.75 Å². The van der Waals surface area contributed by atoms with Crippen LogP contribution in [0, 0.1) is 5.92 Å². The number of aliphatic hydroxyl groups excluding tert-OH is 1. The number of hydrogen-bond acceptors (Lipinski definition) is 2. The molecule has 0 saturated carbocycles. The lowest BCUT2D eigenvalue weighted by molar-refractivity contribution is 0.0956. The van der Waals surface area contributed by atoms with Crippen molar-refractivity contribution < 1.29 is 9.84 Å². The molecule has 1 aliphatic heterocycles. The summed E-state index contributed by atoms with van der Waals surface area (Å²) in [5.74, 6) is 1.42. The van der Waals surface area contributed by atoms with E-state index in [0.29, 0.717) is 12.3 Å². The van der Waals surface area contributed by atoms with Crippen LogP contribution in [0.2, 0.25) is 0 Å². The molecule has 0 saturated heterocycles. The third-order valence-corrected chi connectivity index (χ3v) is 4.58. The zero-order valence-corrected chi connectivity index (χ0v) is 14.1. The molecule has 2 nitrogen and oxygen atoms in total. The Morgan fingerprint density at radius 3 is 2.60 bits per heavy atom. The van der Waals surface area contributed by atoms with E-state index in [1.165, 1.54) is 5.56 Å².